The molecule has 1 aliphatic rings. The number of benzene rings is 2. The molecule has 1 fully saturated rings. The lowest BCUT2D eigenvalue weighted by molar-refractivity contribution is -0.126. The molecule has 0 radical (unpaired) electrons. The van der Waals surface area contributed by atoms with Gasteiger partial charge in [-0.15, -0.1) is 11.3 Å². The summed E-state index contributed by atoms with van der Waals surface area (Å²) in [6.07, 6.45) is 0.647. The monoisotopic (exact) mass is 426 g/mol. The third-order valence-electron chi connectivity index (χ3n) is 5.41. The van der Waals surface area contributed by atoms with E-state index < -0.39 is 6.10 Å². The molecule has 156 valence electrons. The summed E-state index contributed by atoms with van der Waals surface area (Å²) in [7, 11) is 0. The Morgan fingerprint density at radius 3 is 2.73 bits per heavy atom. The highest BCUT2D eigenvalue weighted by molar-refractivity contribution is 7.19. The van der Waals surface area contributed by atoms with E-state index in [-0.39, 0.29) is 30.1 Å². The van der Waals surface area contributed by atoms with Crippen molar-refractivity contribution in [2.24, 2.45) is 5.92 Å². The van der Waals surface area contributed by atoms with E-state index in [0.717, 1.165) is 21.4 Å². The lowest BCUT2D eigenvalue weighted by Crippen LogP contribution is -2.46. The Labute approximate surface area is 178 Å². The first-order valence-corrected chi connectivity index (χ1v) is 10.8. The fraction of sp³-hybridized carbons (Fsp3) is 0.304. The molecule has 0 unspecified atom stereocenters. The largest absolute Gasteiger partial charge is 0.386 e. The molecule has 0 saturated carbocycles. The summed E-state index contributed by atoms with van der Waals surface area (Å²) in [6, 6.07) is 15.3. The maximum atomic E-state index is 13.1. The van der Waals surface area contributed by atoms with Crippen molar-refractivity contribution in [2.45, 2.75) is 18.9 Å². The maximum absolute atomic E-state index is 13.1. The number of aliphatic hydroxyl groups excluding tert-OH is 1. The van der Waals surface area contributed by atoms with Crippen LogP contribution in [0.4, 0.5) is 4.39 Å². The van der Waals surface area contributed by atoms with Crippen LogP contribution in [0, 0.1) is 11.7 Å². The lowest BCUT2D eigenvalue weighted by Gasteiger charge is -2.32. The maximum Gasteiger partial charge on any atom is 0.253 e. The van der Waals surface area contributed by atoms with Crippen molar-refractivity contribution in [1.29, 1.82) is 0 Å². The number of rotatable bonds is 5. The highest BCUT2D eigenvalue weighted by Crippen LogP contribution is 2.29. The molecule has 1 aliphatic heterocycles. The Morgan fingerprint density at radius 1 is 1.20 bits per heavy atom. The average molecular weight is 427 g/mol. The minimum atomic E-state index is -0.771. The first kappa shape index (κ1) is 20.5. The molecule has 2 atom stereocenters. The number of amides is 2. The van der Waals surface area contributed by atoms with E-state index in [9.17, 15) is 19.1 Å². The second kappa shape index (κ2) is 8.93. The summed E-state index contributed by atoms with van der Waals surface area (Å²) in [5, 5.41) is 14.4. The molecule has 5 nitrogen and oxygen atoms in total. The van der Waals surface area contributed by atoms with Gasteiger partial charge in [0.25, 0.3) is 5.91 Å². The van der Waals surface area contributed by atoms with E-state index in [0.29, 0.717) is 25.1 Å². The van der Waals surface area contributed by atoms with Crippen LogP contribution in [0.15, 0.2) is 54.6 Å². The molecule has 0 aliphatic carbocycles. The number of nitrogens with zero attached hydrogens (tertiary/aromatic N) is 1. The van der Waals surface area contributed by atoms with Gasteiger partial charge in [-0.05, 0) is 54.6 Å². The number of carbonyl (C=O) groups excluding carboxylic acids is 2. The van der Waals surface area contributed by atoms with Gasteiger partial charge in [0, 0.05) is 34.8 Å². The number of piperidine rings is 1. The summed E-state index contributed by atoms with van der Waals surface area (Å²) in [6.45, 7) is 1.03. The first-order chi connectivity index (χ1) is 14.5. The van der Waals surface area contributed by atoms with E-state index in [1.807, 2.05) is 30.3 Å². The van der Waals surface area contributed by atoms with Crippen molar-refractivity contribution in [3.8, 4) is 0 Å². The van der Waals surface area contributed by atoms with Crippen LogP contribution in [0.2, 0.25) is 0 Å². The molecular weight excluding hydrogens is 403 g/mol. The molecule has 7 heteroatoms. The second-order valence-electron chi connectivity index (χ2n) is 7.54. The Morgan fingerprint density at radius 2 is 1.97 bits per heavy atom. The van der Waals surface area contributed by atoms with Crippen LogP contribution in [0.5, 0.6) is 0 Å². The molecule has 2 heterocycles. The number of halogens is 1. The van der Waals surface area contributed by atoms with Gasteiger partial charge in [0.05, 0.1) is 5.92 Å². The van der Waals surface area contributed by atoms with Gasteiger partial charge in [0.15, 0.2) is 0 Å². The van der Waals surface area contributed by atoms with Crippen LogP contribution in [-0.2, 0) is 4.79 Å². The minimum Gasteiger partial charge on any atom is -0.386 e. The molecule has 1 saturated heterocycles. The number of aliphatic hydroxyl groups is 1. The van der Waals surface area contributed by atoms with E-state index >= 15 is 0 Å². The van der Waals surface area contributed by atoms with Crippen LogP contribution in [0.25, 0.3) is 10.1 Å². The van der Waals surface area contributed by atoms with E-state index in [4.69, 9.17) is 0 Å². The Balaban J connectivity index is 1.33. The number of carbonyl (C=O) groups is 2. The summed E-state index contributed by atoms with van der Waals surface area (Å²) >= 11 is 1.51. The number of hydrogen-bond acceptors (Lipinski definition) is 4. The third-order valence-corrected chi connectivity index (χ3v) is 6.63. The fourth-order valence-electron chi connectivity index (χ4n) is 3.76. The quantitative estimate of drug-likeness (QED) is 0.653. The number of fused-ring (bicyclic) bond motifs is 1. The zero-order valence-electron chi connectivity index (χ0n) is 16.4. The minimum absolute atomic E-state index is 0.133. The summed E-state index contributed by atoms with van der Waals surface area (Å²) in [5.41, 5.74) is 0.414. The molecule has 2 N–H and O–H groups in total. The van der Waals surface area contributed by atoms with Gasteiger partial charge in [0.2, 0.25) is 5.91 Å². The molecule has 2 aromatic carbocycles. The highest BCUT2D eigenvalue weighted by Gasteiger charge is 2.29. The lowest BCUT2D eigenvalue weighted by atomic mass is 9.96. The van der Waals surface area contributed by atoms with Gasteiger partial charge in [-0.25, -0.2) is 4.39 Å². The Hall–Kier alpha value is -2.77. The van der Waals surface area contributed by atoms with E-state index in [2.05, 4.69) is 5.32 Å². The normalized spacial score (nSPS) is 17.7. The highest BCUT2D eigenvalue weighted by atomic mass is 32.1. The molecule has 0 spiro atoms. The molecule has 4 rings (SSSR count). The van der Waals surface area contributed by atoms with Gasteiger partial charge in [-0.3, -0.25) is 9.59 Å². The standard InChI is InChI=1S/C23H23FN2O3S/c24-18-9-7-15(8-10-18)23(29)26-11-3-5-17(14-26)22(28)25-13-19(27)21-12-16-4-1-2-6-20(16)30-21/h1-2,4,6-10,12,17,19,27H,3,5,11,13-14H2,(H,25,28)/t17-,19+/m1/s1. The van der Waals surface area contributed by atoms with Crippen LogP contribution in [0.1, 0.15) is 34.2 Å². The van der Waals surface area contributed by atoms with Crippen molar-refractivity contribution in [3.05, 3.63) is 70.9 Å². The summed E-state index contributed by atoms with van der Waals surface area (Å²) in [4.78, 5) is 27.8. The van der Waals surface area contributed by atoms with Gasteiger partial charge < -0.3 is 15.3 Å². The van der Waals surface area contributed by atoms with Crippen LogP contribution in [0.3, 0.4) is 0 Å². The molecule has 30 heavy (non-hydrogen) atoms. The fourth-order valence-corrected chi connectivity index (χ4v) is 4.81. The molecule has 0 bridgehead atoms. The third kappa shape index (κ3) is 4.52. The number of nitrogens with one attached hydrogen (secondary N) is 1. The van der Waals surface area contributed by atoms with Crippen molar-refractivity contribution < 1.29 is 19.1 Å². The topological polar surface area (TPSA) is 69.6 Å². The summed E-state index contributed by atoms with van der Waals surface area (Å²) < 4.78 is 14.2. The Bertz CT molecular complexity index is 1020. The van der Waals surface area contributed by atoms with Crippen LogP contribution >= 0.6 is 11.3 Å². The van der Waals surface area contributed by atoms with Crippen molar-refractivity contribution in [1.82, 2.24) is 10.2 Å². The smallest absolute Gasteiger partial charge is 0.253 e. The van der Waals surface area contributed by atoms with E-state index in [1.165, 1.54) is 35.6 Å². The molecule has 2 amide bonds. The van der Waals surface area contributed by atoms with Crippen LogP contribution in [-0.4, -0.2) is 41.5 Å². The molecule has 1 aromatic heterocycles. The summed E-state index contributed by atoms with van der Waals surface area (Å²) in [5.74, 6) is -1.07. The number of likely N-dealkylation sites (tertiary alicyclic amines) is 1. The zero-order chi connectivity index (χ0) is 21.1. The van der Waals surface area contributed by atoms with Gasteiger partial charge in [0.1, 0.15) is 11.9 Å². The van der Waals surface area contributed by atoms with Crippen molar-refractivity contribution in [2.75, 3.05) is 19.6 Å². The Kier molecular flexibility index (Phi) is 6.11. The first-order valence-electron chi connectivity index (χ1n) is 10.0. The predicted molar refractivity (Wildman–Crippen MR) is 115 cm³/mol. The van der Waals surface area contributed by atoms with Gasteiger partial charge in [-0.2, -0.15) is 0 Å². The van der Waals surface area contributed by atoms with Gasteiger partial charge in [-0.1, -0.05) is 18.2 Å². The predicted octanol–water partition coefficient (Wildman–Crippen LogP) is 3.74. The number of hydrogen-bond donors (Lipinski definition) is 2. The number of thiophene rings is 1. The second-order valence-corrected chi connectivity index (χ2v) is 8.66. The molecular formula is C23H23FN2O3S. The molecule has 3 aromatic rings. The average Bonchev–Trinajstić information content (AvgIpc) is 3.22. The van der Waals surface area contributed by atoms with Crippen LogP contribution < -0.4 is 5.32 Å². The van der Waals surface area contributed by atoms with Crippen molar-refractivity contribution >= 4 is 33.2 Å². The SMILES string of the molecule is O=C(NC[C@H](O)c1cc2ccccc2s1)[C@@H]1CCCN(C(=O)c2ccc(F)cc2)C1. The van der Waals surface area contributed by atoms with Gasteiger partial charge >= 0.3 is 0 Å². The van der Waals surface area contributed by atoms with E-state index in [1.54, 1.807) is 4.90 Å². The van der Waals surface area contributed by atoms with Crippen molar-refractivity contribution in [3.63, 3.8) is 0 Å². The zero-order valence-corrected chi connectivity index (χ0v) is 17.2.